The van der Waals surface area contributed by atoms with Crippen molar-refractivity contribution in [2.75, 3.05) is 0 Å². The largest absolute Gasteiger partial charge is 0.372 e. The molecule has 3 nitrogen and oxygen atoms in total. The van der Waals surface area contributed by atoms with Gasteiger partial charge in [-0.3, -0.25) is 0 Å². The molecule has 6 heteroatoms. The van der Waals surface area contributed by atoms with Crippen LogP contribution in [-0.2, 0) is 53.9 Å². The molecule has 0 aliphatic carbocycles. The van der Waals surface area contributed by atoms with Gasteiger partial charge >= 0.3 is 0 Å². The molecule has 0 radical (unpaired) electrons. The Morgan fingerprint density at radius 1 is 0.367 bits per heavy atom. The smallest absolute Gasteiger partial charge is 0.0722 e. The molecule has 3 aromatic carbocycles. The summed E-state index contributed by atoms with van der Waals surface area (Å²) in [7, 11) is 0. The van der Waals surface area contributed by atoms with Crippen LogP contribution in [0.5, 0.6) is 0 Å². The first kappa shape index (κ1) is 21.6. The number of halogens is 3. The molecule has 4 rings (SSSR count). The Balaban J connectivity index is 1.61. The third kappa shape index (κ3) is 6.21. The van der Waals surface area contributed by atoms with Crippen LogP contribution < -0.4 is 0 Å². The number of ether oxygens (including phenoxy) is 3. The van der Waals surface area contributed by atoms with Crippen LogP contribution in [-0.4, -0.2) is 0 Å². The first-order chi connectivity index (χ1) is 14.5. The van der Waals surface area contributed by atoms with Gasteiger partial charge in [0.1, 0.15) is 0 Å². The summed E-state index contributed by atoms with van der Waals surface area (Å²) in [6.45, 7) is 2.69. The molecule has 6 bridgehead atoms. The van der Waals surface area contributed by atoms with E-state index in [0.717, 1.165) is 33.4 Å². The molecule has 30 heavy (non-hydrogen) atoms. The third-order valence-electron chi connectivity index (χ3n) is 4.66. The second kappa shape index (κ2) is 10.1. The summed E-state index contributed by atoms with van der Waals surface area (Å²) in [4.78, 5) is 0. The SMILES string of the molecule is Clc1cc2cc(c1)COCc1cc(Cl)cc(c1)COCc1cc(Cl)cc(c1)COC2. The standard InChI is InChI=1S/C24H21Cl3O3/c25-22-4-16-1-17(5-22)11-29-13-19-3-21(9-24(27)7-19)15-30-14-20-2-18(12-28-10-16)6-23(26)8-20/h1-9H,10-15H2. The van der Waals surface area contributed by atoms with Crippen molar-refractivity contribution in [1.29, 1.82) is 0 Å². The minimum Gasteiger partial charge on any atom is -0.372 e. The molecule has 0 saturated heterocycles. The Hall–Kier alpha value is -1.59. The molecule has 0 saturated carbocycles. The van der Waals surface area contributed by atoms with Crippen molar-refractivity contribution in [1.82, 2.24) is 0 Å². The van der Waals surface area contributed by atoms with Gasteiger partial charge in [-0.15, -0.1) is 0 Å². The fraction of sp³-hybridized carbons (Fsp3) is 0.250. The van der Waals surface area contributed by atoms with E-state index in [2.05, 4.69) is 18.2 Å². The van der Waals surface area contributed by atoms with Gasteiger partial charge in [0.15, 0.2) is 0 Å². The van der Waals surface area contributed by atoms with E-state index in [1.54, 1.807) is 0 Å². The van der Waals surface area contributed by atoms with Crippen LogP contribution in [0.15, 0.2) is 54.6 Å². The average Bonchev–Trinajstić information content (AvgIpc) is 2.66. The summed E-state index contributed by atoms with van der Waals surface area (Å²) in [5, 5.41) is 1.99. The van der Waals surface area contributed by atoms with Crippen molar-refractivity contribution in [2.45, 2.75) is 39.6 Å². The van der Waals surface area contributed by atoms with E-state index >= 15 is 0 Å². The summed E-state index contributed by atoms with van der Waals surface area (Å²) >= 11 is 18.9. The summed E-state index contributed by atoms with van der Waals surface area (Å²) < 4.78 is 17.7. The third-order valence-corrected chi connectivity index (χ3v) is 5.32. The van der Waals surface area contributed by atoms with E-state index in [1.165, 1.54) is 0 Å². The number of hydrogen-bond acceptors (Lipinski definition) is 3. The van der Waals surface area contributed by atoms with Crippen LogP contribution in [0.3, 0.4) is 0 Å². The molecule has 0 spiro atoms. The molecular formula is C24H21Cl3O3. The Morgan fingerprint density at radius 3 is 0.767 bits per heavy atom. The van der Waals surface area contributed by atoms with Gasteiger partial charge in [-0.25, -0.2) is 0 Å². The second-order valence-corrected chi connectivity index (χ2v) is 8.69. The highest BCUT2D eigenvalue weighted by atomic mass is 35.5. The highest BCUT2D eigenvalue weighted by Gasteiger charge is 2.07. The molecule has 1 aliphatic heterocycles. The van der Waals surface area contributed by atoms with Gasteiger partial charge in [0.25, 0.3) is 0 Å². The Bertz CT molecular complexity index is 838. The predicted molar refractivity (Wildman–Crippen MR) is 120 cm³/mol. The first-order valence-corrected chi connectivity index (χ1v) is 10.8. The molecule has 3 aromatic rings. The predicted octanol–water partition coefficient (Wildman–Crippen LogP) is 7.11. The Kier molecular flexibility index (Phi) is 7.32. The summed E-state index contributed by atoms with van der Waals surface area (Å²) in [5.74, 6) is 0. The van der Waals surface area contributed by atoms with Crippen molar-refractivity contribution in [3.05, 3.63) is 103 Å². The topological polar surface area (TPSA) is 27.7 Å². The molecule has 156 valence electrons. The molecule has 0 atom stereocenters. The lowest BCUT2D eigenvalue weighted by molar-refractivity contribution is 0.0993. The molecule has 0 unspecified atom stereocenters. The zero-order valence-electron chi connectivity index (χ0n) is 16.3. The number of fused-ring (bicyclic) bond motifs is 6. The van der Waals surface area contributed by atoms with Crippen molar-refractivity contribution in [2.24, 2.45) is 0 Å². The lowest BCUT2D eigenvalue weighted by atomic mass is 10.1. The van der Waals surface area contributed by atoms with Gasteiger partial charge < -0.3 is 14.2 Å². The number of benzene rings is 3. The second-order valence-electron chi connectivity index (χ2n) is 7.38. The van der Waals surface area contributed by atoms with Gasteiger partial charge in [-0.1, -0.05) is 53.0 Å². The Labute approximate surface area is 191 Å². The fourth-order valence-electron chi connectivity index (χ4n) is 3.51. The maximum absolute atomic E-state index is 6.29. The normalized spacial score (nSPS) is 15.3. The van der Waals surface area contributed by atoms with Crippen LogP contribution in [0, 0.1) is 0 Å². The number of rotatable bonds is 0. The van der Waals surface area contributed by atoms with Crippen molar-refractivity contribution in [3.8, 4) is 0 Å². The molecule has 1 aliphatic rings. The van der Waals surface area contributed by atoms with Crippen LogP contribution in [0.1, 0.15) is 33.4 Å². The molecule has 0 amide bonds. The van der Waals surface area contributed by atoms with Gasteiger partial charge in [0.05, 0.1) is 39.6 Å². The number of hydrogen-bond donors (Lipinski definition) is 0. The van der Waals surface area contributed by atoms with Crippen LogP contribution in [0.4, 0.5) is 0 Å². The Morgan fingerprint density at radius 2 is 0.567 bits per heavy atom. The van der Waals surface area contributed by atoms with Gasteiger partial charge in [-0.2, -0.15) is 0 Å². The molecule has 0 aromatic heterocycles. The van der Waals surface area contributed by atoms with Crippen LogP contribution in [0.2, 0.25) is 15.1 Å². The maximum Gasteiger partial charge on any atom is 0.0722 e. The van der Waals surface area contributed by atoms with E-state index < -0.39 is 0 Å². The molecule has 1 heterocycles. The van der Waals surface area contributed by atoms with E-state index in [4.69, 9.17) is 49.0 Å². The van der Waals surface area contributed by atoms with E-state index in [1.807, 2.05) is 36.4 Å². The minimum atomic E-state index is 0.448. The molecule has 0 N–H and O–H groups in total. The first-order valence-electron chi connectivity index (χ1n) is 9.62. The van der Waals surface area contributed by atoms with Gasteiger partial charge in [-0.05, 0) is 69.8 Å². The van der Waals surface area contributed by atoms with E-state index in [-0.39, 0.29) is 0 Å². The molecular weight excluding hydrogens is 443 g/mol. The monoisotopic (exact) mass is 462 g/mol. The fourth-order valence-corrected chi connectivity index (χ4v) is 4.35. The maximum atomic E-state index is 6.29. The quantitative estimate of drug-likeness (QED) is 0.355. The van der Waals surface area contributed by atoms with Crippen LogP contribution in [0.25, 0.3) is 0 Å². The van der Waals surface area contributed by atoms with Gasteiger partial charge in [0, 0.05) is 15.1 Å². The van der Waals surface area contributed by atoms with E-state index in [0.29, 0.717) is 54.7 Å². The average molecular weight is 464 g/mol. The van der Waals surface area contributed by atoms with Crippen molar-refractivity contribution in [3.63, 3.8) is 0 Å². The summed E-state index contributed by atoms with van der Waals surface area (Å²) in [6, 6.07) is 17.6. The summed E-state index contributed by atoms with van der Waals surface area (Å²) in [5.41, 5.74) is 5.99. The highest BCUT2D eigenvalue weighted by Crippen LogP contribution is 2.22. The lowest BCUT2D eigenvalue weighted by Gasteiger charge is -2.12. The lowest BCUT2D eigenvalue weighted by Crippen LogP contribution is -2.01. The van der Waals surface area contributed by atoms with Crippen molar-refractivity contribution < 1.29 is 14.2 Å². The van der Waals surface area contributed by atoms with Gasteiger partial charge in [0.2, 0.25) is 0 Å². The summed E-state index contributed by atoms with van der Waals surface area (Å²) in [6.07, 6.45) is 0. The minimum absolute atomic E-state index is 0.448. The highest BCUT2D eigenvalue weighted by molar-refractivity contribution is 6.31. The van der Waals surface area contributed by atoms with Crippen LogP contribution >= 0.6 is 34.8 Å². The van der Waals surface area contributed by atoms with E-state index in [9.17, 15) is 0 Å². The zero-order valence-corrected chi connectivity index (χ0v) is 18.6. The zero-order chi connectivity index (χ0) is 20.9. The van der Waals surface area contributed by atoms with Crippen molar-refractivity contribution >= 4 is 34.8 Å². The molecule has 0 fully saturated rings.